The molecule has 26 heavy (non-hydrogen) atoms. The summed E-state index contributed by atoms with van der Waals surface area (Å²) in [7, 11) is 0. The quantitative estimate of drug-likeness (QED) is 0.568. The van der Waals surface area contributed by atoms with Crippen LogP contribution in [0.3, 0.4) is 0 Å². The lowest BCUT2D eigenvalue weighted by Gasteiger charge is -2.56. The zero-order valence-corrected chi connectivity index (χ0v) is 15.9. The van der Waals surface area contributed by atoms with Crippen LogP contribution in [0.4, 0.5) is 5.69 Å². The Kier molecular flexibility index (Phi) is 4.62. The Hall–Kier alpha value is -1.70. The van der Waals surface area contributed by atoms with Gasteiger partial charge in [-0.25, -0.2) is 0 Å². The third kappa shape index (κ3) is 3.43. The molecular weight excluding hydrogens is 369 g/mol. The molecule has 0 saturated heterocycles. The van der Waals surface area contributed by atoms with E-state index in [9.17, 15) is 10.1 Å². The van der Waals surface area contributed by atoms with Gasteiger partial charge >= 0.3 is 0 Å². The van der Waals surface area contributed by atoms with E-state index in [-0.39, 0.29) is 11.1 Å². The number of nitrogens with one attached hydrogen (secondary N) is 2. The summed E-state index contributed by atoms with van der Waals surface area (Å²) in [6.45, 7) is 0. The molecule has 4 saturated carbocycles. The summed E-state index contributed by atoms with van der Waals surface area (Å²) in [5, 5.41) is 16.4. The van der Waals surface area contributed by atoms with Crippen molar-refractivity contribution in [1.29, 1.82) is 5.26 Å². The number of carbonyl (C=O) groups excluding carboxylic acids is 1. The van der Waals surface area contributed by atoms with Crippen molar-refractivity contribution in [3.63, 3.8) is 0 Å². The molecule has 4 nitrogen and oxygen atoms in total. The molecule has 0 unspecified atom stereocenters. The lowest BCUT2D eigenvalue weighted by molar-refractivity contribution is -0.112. The van der Waals surface area contributed by atoms with E-state index in [4.69, 9.17) is 23.2 Å². The van der Waals surface area contributed by atoms with Gasteiger partial charge in [-0.1, -0.05) is 23.2 Å². The first-order valence-electron chi connectivity index (χ1n) is 9.11. The summed E-state index contributed by atoms with van der Waals surface area (Å²) in [5.74, 6) is 1.92. The third-order valence-corrected chi connectivity index (χ3v) is 6.67. The maximum absolute atomic E-state index is 12.5. The molecule has 5 rings (SSSR count). The number of hydrogen-bond donors (Lipinski definition) is 2. The van der Waals surface area contributed by atoms with E-state index in [0.717, 1.165) is 37.0 Å². The molecule has 0 spiro atoms. The fourth-order valence-corrected chi connectivity index (χ4v) is 5.78. The minimum Gasteiger partial charge on any atom is -0.384 e. The SMILES string of the molecule is N#C/C(=C/NC12CC3CC(CC(C3)C1)C2)C(=O)Nc1cc(Cl)ccc1Cl. The Morgan fingerprint density at radius 1 is 1.15 bits per heavy atom. The van der Waals surface area contributed by atoms with Crippen molar-refractivity contribution in [2.75, 3.05) is 5.32 Å². The van der Waals surface area contributed by atoms with Crippen LogP contribution in [-0.4, -0.2) is 11.4 Å². The molecule has 0 aliphatic heterocycles. The average Bonchev–Trinajstić information content (AvgIpc) is 2.57. The van der Waals surface area contributed by atoms with E-state index in [1.54, 1.807) is 24.4 Å². The highest BCUT2D eigenvalue weighted by atomic mass is 35.5. The molecule has 0 heterocycles. The minimum absolute atomic E-state index is 0.0526. The largest absolute Gasteiger partial charge is 0.384 e. The van der Waals surface area contributed by atoms with Gasteiger partial charge in [-0.3, -0.25) is 4.79 Å². The number of halogens is 2. The van der Waals surface area contributed by atoms with Crippen LogP contribution < -0.4 is 10.6 Å². The Bertz CT molecular complexity index is 776. The number of anilines is 1. The van der Waals surface area contributed by atoms with Gasteiger partial charge in [-0.15, -0.1) is 0 Å². The molecule has 4 aliphatic rings. The minimum atomic E-state index is -0.478. The van der Waals surface area contributed by atoms with Crippen molar-refractivity contribution in [1.82, 2.24) is 5.32 Å². The van der Waals surface area contributed by atoms with E-state index in [1.165, 1.54) is 19.3 Å². The van der Waals surface area contributed by atoms with Crippen LogP contribution >= 0.6 is 23.2 Å². The summed E-state index contributed by atoms with van der Waals surface area (Å²) in [5.41, 5.74) is 0.516. The maximum atomic E-state index is 12.5. The van der Waals surface area contributed by atoms with Crippen LogP contribution in [0.5, 0.6) is 0 Å². The summed E-state index contributed by atoms with van der Waals surface area (Å²) in [6, 6.07) is 6.83. The van der Waals surface area contributed by atoms with Gasteiger partial charge in [-0.2, -0.15) is 5.26 Å². The van der Waals surface area contributed by atoms with Gasteiger partial charge in [0.2, 0.25) is 0 Å². The van der Waals surface area contributed by atoms with Gasteiger partial charge in [0, 0.05) is 16.8 Å². The number of carbonyl (C=O) groups is 1. The summed E-state index contributed by atoms with van der Waals surface area (Å²) >= 11 is 12.0. The summed E-state index contributed by atoms with van der Waals surface area (Å²) in [4.78, 5) is 12.5. The van der Waals surface area contributed by atoms with Crippen molar-refractivity contribution in [2.45, 2.75) is 44.1 Å². The predicted octanol–water partition coefficient (Wildman–Crippen LogP) is 4.90. The van der Waals surface area contributed by atoms with Crippen molar-refractivity contribution in [3.8, 4) is 6.07 Å². The Labute approximate surface area is 163 Å². The van der Waals surface area contributed by atoms with Gasteiger partial charge in [0.15, 0.2) is 0 Å². The Morgan fingerprint density at radius 2 is 1.77 bits per heavy atom. The van der Waals surface area contributed by atoms with E-state index < -0.39 is 5.91 Å². The van der Waals surface area contributed by atoms with E-state index in [0.29, 0.717) is 15.7 Å². The molecule has 2 N–H and O–H groups in total. The molecule has 0 atom stereocenters. The monoisotopic (exact) mass is 389 g/mol. The van der Waals surface area contributed by atoms with Crippen LogP contribution in [0.2, 0.25) is 10.0 Å². The lowest BCUT2D eigenvalue weighted by atomic mass is 9.53. The molecule has 4 bridgehead atoms. The highest BCUT2D eigenvalue weighted by Crippen LogP contribution is 2.55. The topological polar surface area (TPSA) is 64.9 Å². The first-order valence-corrected chi connectivity index (χ1v) is 9.86. The fourth-order valence-electron chi connectivity index (χ4n) is 5.44. The molecule has 6 heteroatoms. The zero-order chi connectivity index (χ0) is 18.3. The maximum Gasteiger partial charge on any atom is 0.267 e. The van der Waals surface area contributed by atoms with Crippen molar-refractivity contribution >= 4 is 34.8 Å². The highest BCUT2D eigenvalue weighted by molar-refractivity contribution is 6.35. The number of nitriles is 1. The summed E-state index contributed by atoms with van der Waals surface area (Å²) in [6.07, 6.45) is 9.10. The van der Waals surface area contributed by atoms with Crippen molar-refractivity contribution < 1.29 is 4.79 Å². The molecule has 0 radical (unpaired) electrons. The molecule has 4 aliphatic carbocycles. The van der Waals surface area contributed by atoms with Crippen molar-refractivity contribution in [3.05, 3.63) is 40.0 Å². The summed E-state index contributed by atoms with van der Waals surface area (Å²) < 4.78 is 0. The Morgan fingerprint density at radius 3 is 2.35 bits per heavy atom. The van der Waals surface area contributed by atoms with Crippen molar-refractivity contribution in [2.24, 2.45) is 17.8 Å². The normalized spacial score (nSPS) is 32.2. The second-order valence-electron chi connectivity index (χ2n) is 8.09. The fraction of sp³-hybridized carbons (Fsp3) is 0.500. The lowest BCUT2D eigenvalue weighted by Crippen LogP contribution is -2.57. The van der Waals surface area contributed by atoms with Gasteiger partial charge in [0.1, 0.15) is 11.6 Å². The molecule has 1 amide bonds. The third-order valence-electron chi connectivity index (χ3n) is 6.10. The number of rotatable bonds is 4. The molecule has 1 aromatic rings. The predicted molar refractivity (Wildman–Crippen MR) is 103 cm³/mol. The standard InChI is InChI=1S/C20H21Cl2N3O/c21-16-1-2-17(22)18(6-16)25-19(26)15(10-23)11-24-20-7-12-3-13(8-20)5-14(4-12)9-20/h1-2,6,11-14,24H,3-5,7-9H2,(H,25,26)/b15-11-. The van der Waals surface area contributed by atoms with Gasteiger partial charge in [0.05, 0.1) is 10.7 Å². The van der Waals surface area contributed by atoms with Crippen LogP contribution in [0.25, 0.3) is 0 Å². The molecule has 4 fully saturated rings. The first-order chi connectivity index (χ1) is 12.5. The number of hydrogen-bond acceptors (Lipinski definition) is 3. The highest BCUT2D eigenvalue weighted by Gasteiger charge is 2.50. The zero-order valence-electron chi connectivity index (χ0n) is 14.4. The second-order valence-corrected chi connectivity index (χ2v) is 8.93. The van der Waals surface area contributed by atoms with E-state index >= 15 is 0 Å². The van der Waals surface area contributed by atoms with Gasteiger partial charge < -0.3 is 10.6 Å². The molecule has 136 valence electrons. The van der Waals surface area contributed by atoms with E-state index in [2.05, 4.69) is 10.6 Å². The second kappa shape index (κ2) is 6.79. The smallest absolute Gasteiger partial charge is 0.267 e. The van der Waals surface area contributed by atoms with Crippen LogP contribution in [-0.2, 0) is 4.79 Å². The Balaban J connectivity index is 1.48. The van der Waals surface area contributed by atoms with Crippen LogP contribution in [0.15, 0.2) is 30.0 Å². The molecule has 1 aromatic carbocycles. The number of benzene rings is 1. The van der Waals surface area contributed by atoms with Crippen LogP contribution in [0, 0.1) is 29.1 Å². The first kappa shape index (κ1) is 17.7. The number of nitrogens with zero attached hydrogens (tertiary/aromatic N) is 1. The molecule has 0 aromatic heterocycles. The van der Waals surface area contributed by atoms with Gasteiger partial charge in [-0.05, 0) is 74.5 Å². The van der Waals surface area contributed by atoms with Crippen LogP contribution in [0.1, 0.15) is 38.5 Å². The molecular formula is C20H21Cl2N3O. The number of amides is 1. The average molecular weight is 390 g/mol. The van der Waals surface area contributed by atoms with Gasteiger partial charge in [0.25, 0.3) is 5.91 Å². The van der Waals surface area contributed by atoms with E-state index in [1.807, 2.05) is 6.07 Å².